The molecule has 1 aromatic rings. The monoisotopic (exact) mass is 317 g/mol. The first-order valence-electron chi connectivity index (χ1n) is 6.44. The highest BCUT2D eigenvalue weighted by Gasteiger charge is 2.38. The first kappa shape index (κ1) is 16.1. The Balaban J connectivity index is 2.27. The molecule has 0 bridgehead atoms. The van der Waals surface area contributed by atoms with Gasteiger partial charge in [0.05, 0.1) is 18.8 Å². The number of nitrogens with two attached hydrogens (primary N) is 1. The normalized spacial score (nSPS) is 15.5. The van der Waals surface area contributed by atoms with Crippen molar-refractivity contribution >= 4 is 23.2 Å². The molecular weight excluding hydrogens is 303 g/mol. The van der Waals surface area contributed by atoms with Gasteiger partial charge < -0.3 is 20.7 Å². The van der Waals surface area contributed by atoms with Crippen molar-refractivity contribution in [1.29, 1.82) is 0 Å². The van der Waals surface area contributed by atoms with Crippen molar-refractivity contribution in [1.82, 2.24) is 0 Å². The molecule has 0 unspecified atom stereocenters. The van der Waals surface area contributed by atoms with E-state index in [1.807, 2.05) is 4.90 Å². The van der Waals surface area contributed by atoms with Crippen LogP contribution in [0.15, 0.2) is 18.2 Å². The summed E-state index contributed by atoms with van der Waals surface area (Å²) in [5.41, 5.74) is 5.67. The number of primary amides is 1. The summed E-state index contributed by atoms with van der Waals surface area (Å²) in [6.45, 7) is 2.03. The van der Waals surface area contributed by atoms with E-state index in [-0.39, 0.29) is 11.3 Å². The molecule has 1 heterocycles. The molecule has 1 saturated heterocycles. The third kappa shape index (κ3) is 3.67. The maximum absolute atomic E-state index is 12.2. The standard InChI is InChI=1S/C13H14F3N3O3/c14-13(15,16)12(21)18-8-1-2-10(9(7-8)11(17)20)19-3-5-22-6-4-19/h1-2,7H,3-6H2,(H2,17,20)(H,18,21). The van der Waals surface area contributed by atoms with Crippen LogP contribution in [0.4, 0.5) is 24.5 Å². The lowest BCUT2D eigenvalue weighted by molar-refractivity contribution is -0.167. The van der Waals surface area contributed by atoms with Crippen molar-refractivity contribution in [2.24, 2.45) is 5.73 Å². The minimum absolute atomic E-state index is 0.0434. The quantitative estimate of drug-likeness (QED) is 0.875. The van der Waals surface area contributed by atoms with Crippen LogP contribution in [-0.2, 0) is 9.53 Å². The molecule has 9 heteroatoms. The van der Waals surface area contributed by atoms with Crippen LogP contribution in [0.2, 0.25) is 0 Å². The number of hydrogen-bond acceptors (Lipinski definition) is 4. The highest BCUT2D eigenvalue weighted by atomic mass is 19.4. The van der Waals surface area contributed by atoms with Crippen LogP contribution in [0.25, 0.3) is 0 Å². The lowest BCUT2D eigenvalue weighted by Gasteiger charge is -2.30. The number of nitrogens with zero attached hydrogens (tertiary/aromatic N) is 1. The van der Waals surface area contributed by atoms with Crippen molar-refractivity contribution in [2.75, 3.05) is 36.5 Å². The molecular formula is C13H14F3N3O3. The Kier molecular flexibility index (Phi) is 4.55. The maximum atomic E-state index is 12.2. The fraction of sp³-hybridized carbons (Fsp3) is 0.385. The Morgan fingerprint density at radius 2 is 1.86 bits per heavy atom. The number of halogens is 3. The van der Waals surface area contributed by atoms with Gasteiger partial charge in [0, 0.05) is 24.5 Å². The first-order chi connectivity index (χ1) is 10.3. The average molecular weight is 317 g/mol. The van der Waals surface area contributed by atoms with Crippen LogP contribution in [-0.4, -0.2) is 44.3 Å². The van der Waals surface area contributed by atoms with Gasteiger partial charge in [0.2, 0.25) is 0 Å². The first-order valence-corrected chi connectivity index (χ1v) is 6.44. The summed E-state index contributed by atoms with van der Waals surface area (Å²) in [5.74, 6) is -2.90. The number of anilines is 2. The predicted octanol–water partition coefficient (Wildman–Crippen LogP) is 1.12. The van der Waals surface area contributed by atoms with Gasteiger partial charge in [0.1, 0.15) is 0 Å². The maximum Gasteiger partial charge on any atom is 0.471 e. The molecule has 1 aliphatic rings. The summed E-state index contributed by atoms with van der Waals surface area (Å²) in [6, 6.07) is 3.88. The SMILES string of the molecule is NC(=O)c1cc(NC(=O)C(F)(F)F)ccc1N1CCOCC1. The van der Waals surface area contributed by atoms with Gasteiger partial charge in [-0.15, -0.1) is 0 Å². The topological polar surface area (TPSA) is 84.7 Å². The highest BCUT2D eigenvalue weighted by molar-refractivity contribution is 6.01. The number of hydrogen-bond donors (Lipinski definition) is 2. The highest BCUT2D eigenvalue weighted by Crippen LogP contribution is 2.26. The van der Waals surface area contributed by atoms with Crippen LogP contribution >= 0.6 is 0 Å². The van der Waals surface area contributed by atoms with Crippen molar-refractivity contribution in [3.05, 3.63) is 23.8 Å². The molecule has 22 heavy (non-hydrogen) atoms. The third-order valence-electron chi connectivity index (χ3n) is 3.13. The Hall–Kier alpha value is -2.29. The second-order valence-corrected chi connectivity index (χ2v) is 4.65. The van der Waals surface area contributed by atoms with E-state index in [9.17, 15) is 22.8 Å². The Bertz CT molecular complexity index is 584. The minimum Gasteiger partial charge on any atom is -0.378 e. The van der Waals surface area contributed by atoms with Crippen molar-refractivity contribution in [3.8, 4) is 0 Å². The molecule has 0 saturated carbocycles. The van der Waals surface area contributed by atoms with E-state index in [1.165, 1.54) is 12.1 Å². The fourth-order valence-electron chi connectivity index (χ4n) is 2.09. The van der Waals surface area contributed by atoms with Crippen molar-refractivity contribution in [2.45, 2.75) is 6.18 Å². The molecule has 0 aliphatic carbocycles. The molecule has 0 aromatic heterocycles. The van der Waals surface area contributed by atoms with Crippen molar-refractivity contribution in [3.63, 3.8) is 0 Å². The van der Waals surface area contributed by atoms with E-state index in [2.05, 4.69) is 0 Å². The van der Waals surface area contributed by atoms with Crippen LogP contribution in [0.1, 0.15) is 10.4 Å². The zero-order valence-electron chi connectivity index (χ0n) is 11.4. The van der Waals surface area contributed by atoms with E-state index in [1.54, 1.807) is 5.32 Å². The minimum atomic E-state index is -5.00. The van der Waals surface area contributed by atoms with E-state index < -0.39 is 18.0 Å². The second kappa shape index (κ2) is 6.22. The number of ether oxygens (including phenoxy) is 1. The van der Waals surface area contributed by atoms with Gasteiger partial charge in [-0.2, -0.15) is 13.2 Å². The van der Waals surface area contributed by atoms with Crippen LogP contribution in [0.3, 0.4) is 0 Å². The molecule has 0 radical (unpaired) electrons. The molecule has 6 nitrogen and oxygen atoms in total. The third-order valence-corrected chi connectivity index (χ3v) is 3.13. The van der Waals surface area contributed by atoms with E-state index >= 15 is 0 Å². The van der Waals surface area contributed by atoms with Gasteiger partial charge in [-0.3, -0.25) is 9.59 Å². The van der Waals surface area contributed by atoms with Crippen molar-refractivity contribution < 1.29 is 27.5 Å². The molecule has 120 valence electrons. The number of carbonyl (C=O) groups is 2. The van der Waals surface area contributed by atoms with Gasteiger partial charge in [-0.05, 0) is 18.2 Å². The van der Waals surface area contributed by atoms with Crippen LogP contribution < -0.4 is 16.0 Å². The number of carbonyl (C=O) groups excluding carboxylic acids is 2. The summed E-state index contributed by atoms with van der Waals surface area (Å²) in [6.07, 6.45) is -5.00. The second-order valence-electron chi connectivity index (χ2n) is 4.65. The number of morpholine rings is 1. The van der Waals surface area contributed by atoms with Gasteiger partial charge in [0.15, 0.2) is 0 Å². The summed E-state index contributed by atoms with van der Waals surface area (Å²) in [5, 5.41) is 1.69. The summed E-state index contributed by atoms with van der Waals surface area (Å²) >= 11 is 0. The largest absolute Gasteiger partial charge is 0.471 e. The number of alkyl halides is 3. The molecule has 2 rings (SSSR count). The van der Waals surface area contributed by atoms with Gasteiger partial charge in [0.25, 0.3) is 5.91 Å². The Labute approximate surface area is 124 Å². The smallest absolute Gasteiger partial charge is 0.378 e. The molecule has 0 atom stereocenters. The summed E-state index contributed by atoms with van der Waals surface area (Å²) in [4.78, 5) is 24.3. The molecule has 1 aliphatic heterocycles. The van der Waals surface area contributed by atoms with Gasteiger partial charge in [-0.25, -0.2) is 0 Å². The predicted molar refractivity (Wildman–Crippen MR) is 72.7 cm³/mol. The van der Waals surface area contributed by atoms with Crippen LogP contribution in [0.5, 0.6) is 0 Å². The Morgan fingerprint density at radius 3 is 2.41 bits per heavy atom. The Morgan fingerprint density at radius 1 is 1.23 bits per heavy atom. The summed E-state index contributed by atoms with van der Waals surface area (Å²) in [7, 11) is 0. The van der Waals surface area contributed by atoms with E-state index in [0.717, 1.165) is 6.07 Å². The molecule has 3 N–H and O–H groups in total. The lowest BCUT2D eigenvalue weighted by Crippen LogP contribution is -2.37. The number of rotatable bonds is 3. The zero-order chi connectivity index (χ0) is 16.3. The number of amides is 2. The average Bonchev–Trinajstić information content (AvgIpc) is 2.47. The number of benzene rings is 1. The van der Waals surface area contributed by atoms with E-state index in [0.29, 0.717) is 32.0 Å². The zero-order valence-corrected chi connectivity index (χ0v) is 11.4. The van der Waals surface area contributed by atoms with E-state index in [4.69, 9.17) is 10.5 Å². The lowest BCUT2D eigenvalue weighted by atomic mass is 10.1. The van der Waals surface area contributed by atoms with Gasteiger partial charge >= 0.3 is 12.1 Å². The summed E-state index contributed by atoms with van der Waals surface area (Å²) < 4.78 is 41.9. The molecule has 2 amide bonds. The molecule has 0 spiro atoms. The number of nitrogens with one attached hydrogen (secondary N) is 1. The van der Waals surface area contributed by atoms with Gasteiger partial charge in [-0.1, -0.05) is 0 Å². The molecule has 1 fully saturated rings. The fourth-order valence-corrected chi connectivity index (χ4v) is 2.09. The van der Waals surface area contributed by atoms with Crippen LogP contribution in [0, 0.1) is 0 Å². The molecule has 1 aromatic carbocycles.